The predicted octanol–water partition coefficient (Wildman–Crippen LogP) is 8.77. The lowest BCUT2D eigenvalue weighted by Gasteiger charge is -2.24. The van der Waals surface area contributed by atoms with E-state index >= 15 is 0 Å². The van der Waals surface area contributed by atoms with Gasteiger partial charge in [0.25, 0.3) is 0 Å². The summed E-state index contributed by atoms with van der Waals surface area (Å²) in [6.07, 6.45) is 25.2. The number of carboxylic acids is 1. The van der Waals surface area contributed by atoms with Crippen molar-refractivity contribution in [1.82, 2.24) is 0 Å². The zero-order valence-electron chi connectivity index (χ0n) is 21.5. The lowest BCUT2D eigenvalue weighted by molar-refractivity contribution is -0.146. The molecule has 4 atom stereocenters. The molecule has 2 N–H and O–H groups in total. The molecule has 0 heterocycles. The summed E-state index contributed by atoms with van der Waals surface area (Å²) in [7, 11) is 0. The maximum atomic E-state index is 11.0. The van der Waals surface area contributed by atoms with Crippen molar-refractivity contribution < 1.29 is 15.0 Å². The van der Waals surface area contributed by atoms with E-state index in [4.69, 9.17) is 5.11 Å². The van der Waals surface area contributed by atoms with E-state index < -0.39 is 18.0 Å². The van der Waals surface area contributed by atoms with E-state index in [1.165, 1.54) is 116 Å². The van der Waals surface area contributed by atoms with Gasteiger partial charge in [-0.25, -0.2) is 0 Å². The fourth-order valence-corrected chi connectivity index (χ4v) is 4.75. The van der Waals surface area contributed by atoms with E-state index in [0.717, 1.165) is 6.42 Å². The van der Waals surface area contributed by atoms with Gasteiger partial charge in [-0.3, -0.25) is 4.79 Å². The standard InChI is InChI=1S/C28H56O3/c1-5-6-7-8-9-10-11-12-13-14-15-16-17-18-19-20-21-22-24(2)23-25(3)27(29)26(4)28(30)31/h24-27,29H,5-23H2,1-4H3,(H,30,31)/t24-,25-,26-,27-/m0/s1. The maximum absolute atomic E-state index is 11.0. The quantitative estimate of drug-likeness (QED) is 0.156. The highest BCUT2D eigenvalue weighted by Crippen LogP contribution is 2.24. The first-order valence-electron chi connectivity index (χ1n) is 13.8. The number of unbranched alkanes of at least 4 members (excludes halogenated alkanes) is 16. The Hall–Kier alpha value is -0.570. The van der Waals surface area contributed by atoms with Crippen LogP contribution in [-0.4, -0.2) is 22.3 Å². The number of hydrogen-bond donors (Lipinski definition) is 2. The second-order valence-corrected chi connectivity index (χ2v) is 10.4. The molecule has 186 valence electrons. The van der Waals surface area contributed by atoms with Crippen LogP contribution in [0.5, 0.6) is 0 Å². The Morgan fingerprint density at radius 3 is 1.35 bits per heavy atom. The van der Waals surface area contributed by atoms with Crippen LogP contribution in [0, 0.1) is 17.8 Å². The van der Waals surface area contributed by atoms with Crippen LogP contribution in [0.15, 0.2) is 0 Å². The SMILES string of the molecule is CCCCCCCCCCCCCCCCCCC[C@H](C)C[C@H](C)[C@H](O)[C@H](C)C(=O)O. The topological polar surface area (TPSA) is 57.5 Å². The van der Waals surface area contributed by atoms with Gasteiger partial charge in [0.2, 0.25) is 0 Å². The van der Waals surface area contributed by atoms with E-state index in [0.29, 0.717) is 5.92 Å². The molecule has 0 aromatic heterocycles. The summed E-state index contributed by atoms with van der Waals surface area (Å²) in [5.41, 5.74) is 0. The highest BCUT2D eigenvalue weighted by molar-refractivity contribution is 5.70. The first-order chi connectivity index (χ1) is 14.9. The Bertz CT molecular complexity index is 396. The molecule has 0 aliphatic rings. The fourth-order valence-electron chi connectivity index (χ4n) is 4.75. The molecular weight excluding hydrogens is 384 g/mol. The summed E-state index contributed by atoms with van der Waals surface area (Å²) in [6.45, 7) is 8.10. The van der Waals surface area contributed by atoms with E-state index in [1.54, 1.807) is 6.92 Å². The molecule has 0 aliphatic heterocycles. The summed E-state index contributed by atoms with van der Waals surface area (Å²) in [5, 5.41) is 19.2. The Labute approximate surface area is 194 Å². The maximum Gasteiger partial charge on any atom is 0.308 e. The minimum absolute atomic E-state index is 0.0481. The van der Waals surface area contributed by atoms with Gasteiger partial charge in [-0.2, -0.15) is 0 Å². The molecule has 0 fully saturated rings. The molecule has 0 saturated heterocycles. The number of aliphatic carboxylic acids is 1. The van der Waals surface area contributed by atoms with E-state index in [1.807, 2.05) is 6.92 Å². The molecule has 0 radical (unpaired) electrons. The number of hydrogen-bond acceptors (Lipinski definition) is 2. The van der Waals surface area contributed by atoms with E-state index in [2.05, 4.69) is 13.8 Å². The molecule has 0 aromatic carbocycles. The van der Waals surface area contributed by atoms with Crippen molar-refractivity contribution in [1.29, 1.82) is 0 Å². The third kappa shape index (κ3) is 18.7. The molecule has 0 bridgehead atoms. The molecule has 0 amide bonds. The Kier molecular flexibility index (Phi) is 20.9. The third-order valence-electron chi connectivity index (χ3n) is 7.06. The second kappa shape index (κ2) is 21.3. The van der Waals surface area contributed by atoms with E-state index in [9.17, 15) is 9.90 Å². The van der Waals surface area contributed by atoms with Gasteiger partial charge in [0.05, 0.1) is 12.0 Å². The van der Waals surface area contributed by atoms with Crippen LogP contribution >= 0.6 is 0 Å². The van der Waals surface area contributed by atoms with Crippen LogP contribution in [0.3, 0.4) is 0 Å². The normalized spacial score (nSPS) is 15.5. The van der Waals surface area contributed by atoms with Crippen LogP contribution < -0.4 is 0 Å². The van der Waals surface area contributed by atoms with Crippen molar-refractivity contribution in [3.05, 3.63) is 0 Å². The summed E-state index contributed by atoms with van der Waals surface area (Å²) < 4.78 is 0. The van der Waals surface area contributed by atoms with Crippen molar-refractivity contribution >= 4 is 5.97 Å². The highest BCUT2D eigenvalue weighted by Gasteiger charge is 2.27. The van der Waals surface area contributed by atoms with Crippen molar-refractivity contribution in [3.63, 3.8) is 0 Å². The first kappa shape index (κ1) is 30.4. The second-order valence-electron chi connectivity index (χ2n) is 10.4. The van der Waals surface area contributed by atoms with Gasteiger partial charge in [-0.05, 0) is 25.2 Å². The number of aliphatic hydroxyl groups is 1. The lowest BCUT2D eigenvalue weighted by atomic mass is 9.85. The molecule has 3 heteroatoms. The van der Waals surface area contributed by atoms with Crippen LogP contribution in [0.4, 0.5) is 0 Å². The number of carbonyl (C=O) groups is 1. The number of rotatable bonds is 23. The van der Waals surface area contributed by atoms with Crippen LogP contribution in [0.1, 0.15) is 150 Å². The molecule has 0 aromatic rings. The number of aliphatic hydroxyl groups excluding tert-OH is 1. The molecule has 0 rings (SSSR count). The van der Waals surface area contributed by atoms with Crippen molar-refractivity contribution in [2.75, 3.05) is 0 Å². The largest absolute Gasteiger partial charge is 0.481 e. The fraction of sp³-hybridized carbons (Fsp3) is 0.964. The minimum atomic E-state index is -0.903. The first-order valence-corrected chi connectivity index (χ1v) is 13.8. The Morgan fingerprint density at radius 2 is 1.00 bits per heavy atom. The summed E-state index contributed by atoms with van der Waals surface area (Å²) in [4.78, 5) is 11.0. The zero-order chi connectivity index (χ0) is 23.3. The van der Waals surface area contributed by atoms with Crippen LogP contribution in [0.2, 0.25) is 0 Å². The highest BCUT2D eigenvalue weighted by atomic mass is 16.4. The zero-order valence-corrected chi connectivity index (χ0v) is 21.5. The van der Waals surface area contributed by atoms with Gasteiger partial charge in [0.1, 0.15) is 0 Å². The monoisotopic (exact) mass is 440 g/mol. The van der Waals surface area contributed by atoms with Crippen LogP contribution in [-0.2, 0) is 4.79 Å². The summed E-state index contributed by atoms with van der Waals surface area (Å²) in [5.74, 6) is -0.975. The van der Waals surface area contributed by atoms with Crippen molar-refractivity contribution in [2.24, 2.45) is 17.8 Å². The molecule has 31 heavy (non-hydrogen) atoms. The smallest absolute Gasteiger partial charge is 0.308 e. The van der Waals surface area contributed by atoms with Gasteiger partial charge < -0.3 is 10.2 Å². The summed E-state index contributed by atoms with van der Waals surface area (Å²) >= 11 is 0. The van der Waals surface area contributed by atoms with E-state index in [-0.39, 0.29) is 5.92 Å². The molecule has 0 spiro atoms. The van der Waals surface area contributed by atoms with Gasteiger partial charge in [-0.1, -0.05) is 136 Å². The lowest BCUT2D eigenvalue weighted by Crippen LogP contribution is -2.32. The van der Waals surface area contributed by atoms with Crippen molar-refractivity contribution in [2.45, 2.75) is 156 Å². The summed E-state index contributed by atoms with van der Waals surface area (Å²) in [6, 6.07) is 0. The minimum Gasteiger partial charge on any atom is -0.481 e. The Morgan fingerprint density at radius 1 is 0.645 bits per heavy atom. The molecular formula is C28H56O3. The molecule has 0 saturated carbocycles. The third-order valence-corrected chi connectivity index (χ3v) is 7.06. The molecule has 0 aliphatic carbocycles. The van der Waals surface area contributed by atoms with Crippen molar-refractivity contribution in [3.8, 4) is 0 Å². The number of carboxylic acid groups (broad SMARTS) is 1. The average molecular weight is 441 g/mol. The van der Waals surface area contributed by atoms with Crippen LogP contribution in [0.25, 0.3) is 0 Å². The Balaban J connectivity index is 3.38. The van der Waals surface area contributed by atoms with Gasteiger partial charge >= 0.3 is 5.97 Å². The van der Waals surface area contributed by atoms with Gasteiger partial charge in [0.15, 0.2) is 0 Å². The van der Waals surface area contributed by atoms with Gasteiger partial charge in [-0.15, -0.1) is 0 Å². The predicted molar refractivity (Wildman–Crippen MR) is 135 cm³/mol. The molecule has 0 unspecified atom stereocenters. The average Bonchev–Trinajstić information content (AvgIpc) is 2.74. The van der Waals surface area contributed by atoms with Gasteiger partial charge in [0, 0.05) is 0 Å². The molecule has 3 nitrogen and oxygen atoms in total.